The van der Waals surface area contributed by atoms with Gasteiger partial charge in [-0.25, -0.2) is 9.38 Å². The topological polar surface area (TPSA) is 66.6 Å². The van der Waals surface area contributed by atoms with Crippen molar-refractivity contribution in [1.82, 2.24) is 25.2 Å². The first-order valence-electron chi connectivity index (χ1n) is 8.31. The molecule has 0 saturated heterocycles. The lowest BCUT2D eigenvalue weighted by molar-refractivity contribution is 0.626. The van der Waals surface area contributed by atoms with Crippen LogP contribution in [0.1, 0.15) is 18.3 Å². The van der Waals surface area contributed by atoms with Crippen LogP contribution in [0.2, 0.25) is 0 Å². The highest BCUT2D eigenvalue weighted by Gasteiger charge is 2.04. The molecule has 0 bridgehead atoms. The van der Waals surface area contributed by atoms with E-state index in [9.17, 15) is 4.39 Å². The van der Waals surface area contributed by atoms with Crippen molar-refractivity contribution in [2.45, 2.75) is 19.9 Å². The molecule has 3 rings (SSSR count). The van der Waals surface area contributed by atoms with Crippen LogP contribution in [0.25, 0.3) is 5.65 Å². The molecule has 1 aromatic carbocycles. The van der Waals surface area contributed by atoms with Gasteiger partial charge < -0.3 is 10.6 Å². The van der Waals surface area contributed by atoms with Crippen molar-refractivity contribution in [2.75, 3.05) is 13.1 Å². The Morgan fingerprint density at radius 2 is 1.92 bits per heavy atom. The Bertz CT molecular complexity index is 846. The van der Waals surface area contributed by atoms with Gasteiger partial charge in [-0.2, -0.15) is 0 Å². The normalized spacial score (nSPS) is 11.2. The summed E-state index contributed by atoms with van der Waals surface area (Å²) < 4.78 is 14.8. The summed E-state index contributed by atoms with van der Waals surface area (Å²) in [7, 11) is 0. The Labute approximate surface area is 169 Å². The Balaban J connectivity index is 0.00000243. The fourth-order valence-corrected chi connectivity index (χ4v) is 2.47. The Morgan fingerprint density at radius 1 is 1.12 bits per heavy atom. The largest absolute Gasteiger partial charge is 0.357 e. The van der Waals surface area contributed by atoms with E-state index in [1.165, 1.54) is 12.1 Å². The molecule has 2 N–H and O–H groups in total. The maximum atomic E-state index is 12.9. The molecule has 6 nitrogen and oxygen atoms in total. The van der Waals surface area contributed by atoms with Gasteiger partial charge in [-0.1, -0.05) is 18.2 Å². The monoisotopic (exact) mass is 468 g/mol. The van der Waals surface area contributed by atoms with Gasteiger partial charge in [0.05, 0.1) is 0 Å². The average molecular weight is 468 g/mol. The van der Waals surface area contributed by atoms with Crippen LogP contribution in [0.5, 0.6) is 0 Å². The zero-order valence-electron chi connectivity index (χ0n) is 14.5. The fraction of sp³-hybridized carbons (Fsp3) is 0.278. The number of hydrogen-bond donors (Lipinski definition) is 2. The zero-order valence-corrected chi connectivity index (χ0v) is 16.9. The van der Waals surface area contributed by atoms with Crippen molar-refractivity contribution in [3.8, 4) is 0 Å². The van der Waals surface area contributed by atoms with Gasteiger partial charge in [-0.3, -0.25) is 4.40 Å². The van der Waals surface area contributed by atoms with Crippen LogP contribution in [0, 0.1) is 5.82 Å². The lowest BCUT2D eigenvalue weighted by Crippen LogP contribution is -2.38. The van der Waals surface area contributed by atoms with E-state index in [1.54, 1.807) is 12.1 Å². The quantitative estimate of drug-likeness (QED) is 0.332. The molecule has 2 heterocycles. The number of hydrogen-bond acceptors (Lipinski definition) is 3. The van der Waals surface area contributed by atoms with Gasteiger partial charge in [0.1, 0.15) is 12.4 Å². The molecule has 0 atom stereocenters. The van der Waals surface area contributed by atoms with E-state index in [1.807, 2.05) is 35.7 Å². The van der Waals surface area contributed by atoms with E-state index >= 15 is 0 Å². The highest BCUT2D eigenvalue weighted by atomic mass is 127. The second-order valence-corrected chi connectivity index (χ2v) is 5.54. The average Bonchev–Trinajstić information content (AvgIpc) is 3.04. The summed E-state index contributed by atoms with van der Waals surface area (Å²) in [6.45, 7) is 3.92. The van der Waals surface area contributed by atoms with Crippen LogP contribution in [-0.4, -0.2) is 33.6 Å². The minimum Gasteiger partial charge on any atom is -0.357 e. The molecule has 0 aliphatic carbocycles. The number of fused-ring (bicyclic) bond motifs is 1. The van der Waals surface area contributed by atoms with Crippen molar-refractivity contribution >= 4 is 35.6 Å². The van der Waals surface area contributed by atoms with E-state index in [4.69, 9.17) is 0 Å². The smallest absolute Gasteiger partial charge is 0.191 e. The molecule has 8 heteroatoms. The maximum absolute atomic E-state index is 12.9. The van der Waals surface area contributed by atoms with E-state index in [2.05, 4.69) is 25.8 Å². The SMILES string of the molecule is CCNC(=NCc1nnc2ccccn12)NCCc1ccc(F)cc1.I. The molecule has 138 valence electrons. The summed E-state index contributed by atoms with van der Waals surface area (Å²) in [6, 6.07) is 12.3. The number of halogens is 2. The molecule has 0 saturated carbocycles. The van der Waals surface area contributed by atoms with Crippen LogP contribution in [0.3, 0.4) is 0 Å². The minimum absolute atomic E-state index is 0. The van der Waals surface area contributed by atoms with Crippen LogP contribution >= 0.6 is 24.0 Å². The number of pyridine rings is 1. The molecule has 0 aliphatic heterocycles. The predicted molar refractivity (Wildman–Crippen MR) is 111 cm³/mol. The van der Waals surface area contributed by atoms with Crippen molar-refractivity contribution in [1.29, 1.82) is 0 Å². The number of nitrogens with zero attached hydrogens (tertiary/aromatic N) is 4. The second kappa shape index (κ2) is 10.0. The first kappa shape index (κ1) is 20.1. The van der Waals surface area contributed by atoms with Crippen molar-refractivity contribution in [3.05, 3.63) is 65.9 Å². The number of benzene rings is 1. The van der Waals surface area contributed by atoms with Gasteiger partial charge in [0.15, 0.2) is 17.4 Å². The molecule has 0 radical (unpaired) electrons. The van der Waals surface area contributed by atoms with Gasteiger partial charge in [-0.15, -0.1) is 34.2 Å². The number of nitrogens with one attached hydrogen (secondary N) is 2. The Kier molecular flexibility index (Phi) is 7.76. The van der Waals surface area contributed by atoms with Crippen LogP contribution < -0.4 is 10.6 Å². The van der Waals surface area contributed by atoms with Crippen molar-refractivity contribution < 1.29 is 4.39 Å². The summed E-state index contributed by atoms with van der Waals surface area (Å²) in [4.78, 5) is 4.56. The van der Waals surface area contributed by atoms with Crippen molar-refractivity contribution in [2.24, 2.45) is 4.99 Å². The molecule has 0 aliphatic rings. The molecule has 2 aromatic heterocycles. The second-order valence-electron chi connectivity index (χ2n) is 5.54. The van der Waals surface area contributed by atoms with Gasteiger partial charge in [0, 0.05) is 19.3 Å². The standard InChI is InChI=1S/C18H21FN6.HI/c1-2-20-18(21-11-10-14-6-8-15(19)9-7-14)22-13-17-24-23-16-5-3-4-12-25(16)17;/h3-9,12H,2,10-11,13H2,1H3,(H2,20,21,22);1H. The van der Waals surface area contributed by atoms with Crippen LogP contribution in [0.4, 0.5) is 4.39 Å². The first-order valence-corrected chi connectivity index (χ1v) is 8.31. The molecule has 0 fully saturated rings. The number of rotatable bonds is 6. The third kappa shape index (κ3) is 5.38. The lowest BCUT2D eigenvalue weighted by Gasteiger charge is -2.11. The van der Waals surface area contributed by atoms with E-state index in [0.717, 1.165) is 36.0 Å². The summed E-state index contributed by atoms with van der Waals surface area (Å²) in [5, 5.41) is 14.8. The summed E-state index contributed by atoms with van der Waals surface area (Å²) in [6.07, 6.45) is 2.72. The first-order chi connectivity index (χ1) is 12.3. The van der Waals surface area contributed by atoms with Gasteiger partial charge >= 0.3 is 0 Å². The molecular weight excluding hydrogens is 446 g/mol. The van der Waals surface area contributed by atoms with Gasteiger partial charge in [0.2, 0.25) is 0 Å². The van der Waals surface area contributed by atoms with E-state index in [0.29, 0.717) is 13.1 Å². The minimum atomic E-state index is -0.216. The number of guanidine groups is 1. The molecule has 0 amide bonds. The third-order valence-corrected chi connectivity index (χ3v) is 3.73. The molecule has 26 heavy (non-hydrogen) atoms. The lowest BCUT2D eigenvalue weighted by atomic mass is 10.1. The summed E-state index contributed by atoms with van der Waals surface area (Å²) >= 11 is 0. The number of aromatic nitrogens is 3. The maximum Gasteiger partial charge on any atom is 0.191 e. The van der Waals surface area contributed by atoms with Gasteiger partial charge in [-0.05, 0) is 43.2 Å². The highest BCUT2D eigenvalue weighted by molar-refractivity contribution is 14.0. The highest BCUT2D eigenvalue weighted by Crippen LogP contribution is 2.04. The predicted octanol–water partition coefficient (Wildman–Crippen LogP) is 2.78. The summed E-state index contributed by atoms with van der Waals surface area (Å²) in [5.41, 5.74) is 1.88. The fourth-order valence-electron chi connectivity index (χ4n) is 2.47. The molecule has 3 aromatic rings. The van der Waals surface area contributed by atoms with E-state index < -0.39 is 0 Å². The Hall–Kier alpha value is -2.23. The number of aliphatic imine (C=N–C) groups is 1. The van der Waals surface area contributed by atoms with Crippen LogP contribution in [-0.2, 0) is 13.0 Å². The van der Waals surface area contributed by atoms with E-state index in [-0.39, 0.29) is 29.8 Å². The zero-order chi connectivity index (χ0) is 17.5. The molecule has 0 spiro atoms. The van der Waals surface area contributed by atoms with Crippen LogP contribution in [0.15, 0.2) is 53.7 Å². The summed E-state index contributed by atoms with van der Waals surface area (Å²) in [5.74, 6) is 1.29. The van der Waals surface area contributed by atoms with Crippen molar-refractivity contribution in [3.63, 3.8) is 0 Å². The van der Waals surface area contributed by atoms with Gasteiger partial charge in [0.25, 0.3) is 0 Å². The Morgan fingerprint density at radius 3 is 2.69 bits per heavy atom. The molecule has 0 unspecified atom stereocenters. The third-order valence-electron chi connectivity index (χ3n) is 3.73. The molecular formula is C18H22FIN6.